The number of nitrogens with two attached hydrogens (primary N) is 1. The molecule has 40 heavy (non-hydrogen) atoms. The summed E-state index contributed by atoms with van der Waals surface area (Å²) in [4.78, 5) is 23.9. The van der Waals surface area contributed by atoms with E-state index in [1.54, 1.807) is 0 Å². The number of nitrogens with zero attached hydrogens (tertiary/aromatic N) is 5. The highest BCUT2D eigenvalue weighted by Crippen LogP contribution is 2.36. The van der Waals surface area contributed by atoms with Crippen molar-refractivity contribution in [2.75, 3.05) is 19.8 Å². The summed E-state index contributed by atoms with van der Waals surface area (Å²) >= 11 is 0. The van der Waals surface area contributed by atoms with Crippen LogP contribution < -0.4 is 15.8 Å². The van der Waals surface area contributed by atoms with E-state index in [0.717, 1.165) is 65.9 Å². The maximum absolute atomic E-state index is 13.0. The smallest absolute Gasteiger partial charge is 0.237 e. The molecular formula is C31H39N7O2. The van der Waals surface area contributed by atoms with Crippen molar-refractivity contribution in [3.8, 4) is 22.8 Å². The standard InChI is InChI=1S/C31H39N7O2/c1-20(2)18-26(37(3)4)31(39)35-22-12-14-23(15-13-22)38-30-27(29(32)33-19-34-30)28(36-38)21-10-16-25(17-11-21)40-24-8-6-5-7-9-24/h5-11,16-17,19-20,22-23,26H,12-15,18H2,1-4H3,(H,35,39)(H2,32,33,34)/t22-,23-,26-/m1/s1. The molecule has 9 nitrogen and oxygen atoms in total. The van der Waals surface area contributed by atoms with Gasteiger partial charge in [0.05, 0.1) is 17.5 Å². The van der Waals surface area contributed by atoms with Gasteiger partial charge in [0.2, 0.25) is 5.91 Å². The summed E-state index contributed by atoms with van der Waals surface area (Å²) in [6.07, 6.45) is 5.91. The predicted molar refractivity (Wildman–Crippen MR) is 158 cm³/mol. The Morgan fingerprint density at radius 2 is 1.70 bits per heavy atom. The van der Waals surface area contributed by atoms with E-state index in [-0.39, 0.29) is 24.0 Å². The lowest BCUT2D eigenvalue weighted by Gasteiger charge is -2.32. The number of rotatable bonds is 9. The Morgan fingerprint density at radius 1 is 1.02 bits per heavy atom. The number of anilines is 1. The quantitative estimate of drug-likeness (QED) is 0.290. The van der Waals surface area contributed by atoms with Gasteiger partial charge in [0.15, 0.2) is 5.65 Å². The van der Waals surface area contributed by atoms with Crippen molar-refractivity contribution in [3.05, 3.63) is 60.9 Å². The molecular weight excluding hydrogens is 502 g/mol. The maximum atomic E-state index is 13.0. The van der Waals surface area contributed by atoms with Gasteiger partial charge in [0.25, 0.3) is 0 Å². The Balaban J connectivity index is 1.32. The second kappa shape index (κ2) is 12.0. The van der Waals surface area contributed by atoms with Crippen LogP contribution in [0.3, 0.4) is 0 Å². The monoisotopic (exact) mass is 541 g/mol. The molecule has 0 saturated heterocycles. The van der Waals surface area contributed by atoms with Crippen LogP contribution in [0.25, 0.3) is 22.3 Å². The molecule has 0 spiro atoms. The largest absolute Gasteiger partial charge is 0.457 e. The number of likely N-dealkylation sites (N-methyl/N-ethyl adjacent to an activating group) is 1. The highest BCUT2D eigenvalue weighted by Gasteiger charge is 2.30. The van der Waals surface area contributed by atoms with Crippen molar-refractivity contribution < 1.29 is 9.53 Å². The SMILES string of the molecule is CC(C)C[C@H](C(=O)N[C@H]1CC[C@H](n2nc(-c3ccc(Oc4ccccc4)cc3)c3c(N)ncnc32)CC1)N(C)C. The summed E-state index contributed by atoms with van der Waals surface area (Å²) in [6.45, 7) is 4.31. The van der Waals surface area contributed by atoms with E-state index in [1.807, 2.05) is 78.3 Å². The van der Waals surface area contributed by atoms with Gasteiger partial charge in [-0.25, -0.2) is 14.6 Å². The number of benzene rings is 2. The van der Waals surface area contributed by atoms with Crippen LogP contribution >= 0.6 is 0 Å². The summed E-state index contributed by atoms with van der Waals surface area (Å²) in [5.74, 6) is 2.52. The number of hydrogen-bond acceptors (Lipinski definition) is 7. The molecule has 0 radical (unpaired) electrons. The Labute approximate surface area is 235 Å². The van der Waals surface area contributed by atoms with Crippen molar-refractivity contribution in [3.63, 3.8) is 0 Å². The van der Waals surface area contributed by atoms with Crippen LogP contribution in [-0.2, 0) is 4.79 Å². The van der Waals surface area contributed by atoms with Gasteiger partial charge in [-0.2, -0.15) is 5.10 Å². The minimum absolute atomic E-state index is 0.112. The van der Waals surface area contributed by atoms with Crippen LogP contribution in [0.2, 0.25) is 0 Å². The van der Waals surface area contributed by atoms with Crippen molar-refractivity contribution >= 4 is 22.8 Å². The summed E-state index contributed by atoms with van der Waals surface area (Å²) in [5.41, 5.74) is 8.78. The lowest BCUT2D eigenvalue weighted by Crippen LogP contribution is -2.48. The molecule has 2 aromatic carbocycles. The van der Waals surface area contributed by atoms with Crippen molar-refractivity contribution in [1.82, 2.24) is 30.0 Å². The first-order valence-electron chi connectivity index (χ1n) is 14.1. The first-order valence-corrected chi connectivity index (χ1v) is 14.1. The molecule has 1 atom stereocenters. The number of ether oxygens (including phenoxy) is 1. The van der Waals surface area contributed by atoms with Gasteiger partial charge in [0.1, 0.15) is 29.3 Å². The normalized spacial score (nSPS) is 18.2. The van der Waals surface area contributed by atoms with E-state index in [1.165, 1.54) is 6.33 Å². The van der Waals surface area contributed by atoms with Crippen LogP contribution in [-0.4, -0.2) is 56.7 Å². The van der Waals surface area contributed by atoms with E-state index < -0.39 is 0 Å². The highest BCUT2D eigenvalue weighted by atomic mass is 16.5. The van der Waals surface area contributed by atoms with Gasteiger partial charge in [-0.15, -0.1) is 0 Å². The van der Waals surface area contributed by atoms with Crippen LogP contribution in [0.15, 0.2) is 60.9 Å². The van der Waals surface area contributed by atoms with Gasteiger partial charge in [-0.05, 0) is 88.5 Å². The summed E-state index contributed by atoms with van der Waals surface area (Å²) < 4.78 is 7.97. The van der Waals surface area contributed by atoms with Crippen molar-refractivity contribution in [2.45, 2.75) is 64.1 Å². The summed E-state index contributed by atoms with van der Waals surface area (Å²) in [7, 11) is 3.95. The van der Waals surface area contributed by atoms with Gasteiger partial charge < -0.3 is 15.8 Å². The number of para-hydroxylation sites is 1. The molecule has 1 aliphatic rings. The van der Waals surface area contributed by atoms with E-state index >= 15 is 0 Å². The predicted octanol–water partition coefficient (Wildman–Crippen LogP) is 5.44. The lowest BCUT2D eigenvalue weighted by atomic mass is 9.90. The molecule has 1 amide bonds. The second-order valence-electron chi connectivity index (χ2n) is 11.3. The molecule has 0 unspecified atom stereocenters. The molecule has 2 aromatic heterocycles. The maximum Gasteiger partial charge on any atom is 0.237 e. The third kappa shape index (κ3) is 6.09. The van der Waals surface area contributed by atoms with Crippen LogP contribution in [0.1, 0.15) is 52.0 Å². The number of carbonyl (C=O) groups excluding carboxylic acids is 1. The van der Waals surface area contributed by atoms with Crippen LogP contribution in [0.5, 0.6) is 11.5 Å². The molecule has 1 aliphatic carbocycles. The number of aromatic nitrogens is 4. The number of fused-ring (bicyclic) bond motifs is 1. The lowest BCUT2D eigenvalue weighted by molar-refractivity contribution is -0.127. The Kier molecular flexibility index (Phi) is 8.30. The van der Waals surface area contributed by atoms with Crippen molar-refractivity contribution in [2.24, 2.45) is 5.92 Å². The minimum Gasteiger partial charge on any atom is -0.457 e. The zero-order chi connectivity index (χ0) is 28.2. The van der Waals surface area contributed by atoms with E-state index in [0.29, 0.717) is 11.7 Å². The fourth-order valence-electron chi connectivity index (χ4n) is 5.52. The first kappa shape index (κ1) is 27.6. The average Bonchev–Trinajstić information content (AvgIpc) is 3.34. The zero-order valence-corrected chi connectivity index (χ0v) is 23.7. The van der Waals surface area contributed by atoms with E-state index in [2.05, 4.69) is 29.1 Å². The number of amides is 1. The van der Waals surface area contributed by atoms with E-state index in [9.17, 15) is 4.79 Å². The second-order valence-corrected chi connectivity index (χ2v) is 11.3. The fourth-order valence-corrected chi connectivity index (χ4v) is 5.52. The molecule has 0 aliphatic heterocycles. The summed E-state index contributed by atoms with van der Waals surface area (Å²) in [5, 5.41) is 9.10. The molecule has 1 fully saturated rings. The number of nitrogens with one attached hydrogen (secondary N) is 1. The topological polar surface area (TPSA) is 111 Å². The molecule has 4 aromatic rings. The average molecular weight is 542 g/mol. The first-order chi connectivity index (χ1) is 19.3. The Morgan fingerprint density at radius 3 is 2.35 bits per heavy atom. The van der Waals surface area contributed by atoms with Crippen molar-refractivity contribution in [1.29, 1.82) is 0 Å². The zero-order valence-electron chi connectivity index (χ0n) is 23.7. The highest BCUT2D eigenvalue weighted by molar-refractivity contribution is 5.98. The number of nitrogen functional groups attached to an aromatic ring is 1. The number of hydrogen-bond donors (Lipinski definition) is 2. The van der Waals surface area contributed by atoms with Gasteiger partial charge in [0, 0.05) is 11.6 Å². The molecule has 5 rings (SSSR count). The molecule has 2 heterocycles. The molecule has 1 saturated carbocycles. The molecule has 9 heteroatoms. The molecule has 0 bridgehead atoms. The third-order valence-corrected chi connectivity index (χ3v) is 7.63. The molecule has 3 N–H and O–H groups in total. The third-order valence-electron chi connectivity index (χ3n) is 7.63. The fraction of sp³-hybridized carbons (Fsp3) is 0.419. The Hall–Kier alpha value is -3.98. The van der Waals surface area contributed by atoms with E-state index in [4.69, 9.17) is 15.6 Å². The number of carbonyl (C=O) groups is 1. The molecule has 210 valence electrons. The van der Waals surface area contributed by atoms with Crippen LogP contribution in [0, 0.1) is 5.92 Å². The van der Waals surface area contributed by atoms with Gasteiger partial charge in [-0.1, -0.05) is 32.0 Å². The minimum atomic E-state index is -0.112. The summed E-state index contributed by atoms with van der Waals surface area (Å²) in [6, 6.07) is 17.8. The van der Waals surface area contributed by atoms with Crippen LogP contribution in [0.4, 0.5) is 5.82 Å². The van der Waals surface area contributed by atoms with Gasteiger partial charge in [-0.3, -0.25) is 9.69 Å². The van der Waals surface area contributed by atoms with Gasteiger partial charge >= 0.3 is 0 Å². The Bertz CT molecular complexity index is 1430.